The summed E-state index contributed by atoms with van der Waals surface area (Å²) in [5, 5.41) is 1.08. The Morgan fingerprint density at radius 1 is 0.254 bits per heavy atom. The second-order valence-electron chi connectivity index (χ2n) is 17.0. The zero-order valence-electron chi connectivity index (χ0n) is 36.7. The fourth-order valence-corrected chi connectivity index (χ4v) is 9.45. The summed E-state index contributed by atoms with van der Waals surface area (Å²) in [7, 11) is 0. The lowest BCUT2D eigenvalue weighted by atomic mass is 9.95. The Hall–Kier alpha value is -8.92. The first-order valence-electron chi connectivity index (χ1n) is 22.8. The van der Waals surface area contributed by atoms with Gasteiger partial charge in [0, 0.05) is 22.2 Å². The molecule has 0 aliphatic heterocycles. The highest BCUT2D eigenvalue weighted by Crippen LogP contribution is 2.40. The van der Waals surface area contributed by atoms with E-state index >= 15 is 0 Å². The van der Waals surface area contributed by atoms with Crippen molar-refractivity contribution in [1.82, 2.24) is 14.5 Å². The summed E-state index contributed by atoms with van der Waals surface area (Å²) >= 11 is 0. The van der Waals surface area contributed by atoms with Crippen LogP contribution in [0.3, 0.4) is 0 Å². The van der Waals surface area contributed by atoms with Gasteiger partial charge in [-0.2, -0.15) is 0 Å². The second kappa shape index (κ2) is 17.2. The van der Waals surface area contributed by atoms with E-state index in [-0.39, 0.29) is 0 Å². The van der Waals surface area contributed by atoms with Gasteiger partial charge in [-0.3, -0.25) is 0 Å². The molecule has 2 aromatic heterocycles. The molecule has 12 aromatic rings. The molecule has 0 saturated carbocycles. The molecule has 0 saturated heterocycles. The van der Waals surface area contributed by atoms with Crippen molar-refractivity contribution in [2.75, 3.05) is 0 Å². The molecule has 10 aromatic carbocycles. The van der Waals surface area contributed by atoms with Gasteiger partial charge in [-0.25, -0.2) is 9.97 Å². The minimum Gasteiger partial charge on any atom is -0.306 e. The Morgan fingerprint density at radius 3 is 1.12 bits per heavy atom. The molecule has 0 N–H and O–H groups in total. The van der Waals surface area contributed by atoms with E-state index in [4.69, 9.17) is 9.97 Å². The molecule has 0 aliphatic rings. The quantitative estimate of drug-likeness (QED) is 0.145. The molecule has 0 bridgehead atoms. The van der Waals surface area contributed by atoms with Crippen molar-refractivity contribution in [3.8, 4) is 95.1 Å². The Morgan fingerprint density at radius 2 is 0.597 bits per heavy atom. The van der Waals surface area contributed by atoms with Crippen LogP contribution in [0.25, 0.3) is 117 Å². The Labute approximate surface area is 390 Å². The summed E-state index contributed by atoms with van der Waals surface area (Å²) in [4.78, 5) is 11.0. The SMILES string of the molecule is c1ccc(-c2ccc(-c3cccc(-c4cccc(-c5nc(-c6cccc(-c7cccc(-c8cccc(-c9ccccc9)c8)c7)c6)c6c(n5)c5ccccc5n6-c5ccccc5)c4)c3)cc2)cc1. The summed E-state index contributed by atoms with van der Waals surface area (Å²) in [6.45, 7) is 0. The zero-order chi connectivity index (χ0) is 44.5. The van der Waals surface area contributed by atoms with Crippen LogP contribution in [0, 0.1) is 0 Å². The maximum atomic E-state index is 5.56. The molecule has 0 atom stereocenters. The molecule has 2 heterocycles. The first-order valence-corrected chi connectivity index (χ1v) is 22.8. The van der Waals surface area contributed by atoms with Crippen LogP contribution in [0.15, 0.2) is 261 Å². The van der Waals surface area contributed by atoms with Gasteiger partial charge in [-0.15, -0.1) is 0 Å². The molecule has 0 amide bonds. The molecule has 0 unspecified atom stereocenters. The molecule has 0 aliphatic carbocycles. The number of hydrogen-bond donors (Lipinski definition) is 0. The topological polar surface area (TPSA) is 30.7 Å². The van der Waals surface area contributed by atoms with Gasteiger partial charge in [0.25, 0.3) is 0 Å². The fourth-order valence-electron chi connectivity index (χ4n) is 9.45. The van der Waals surface area contributed by atoms with Gasteiger partial charge in [0.1, 0.15) is 5.52 Å². The van der Waals surface area contributed by atoms with Crippen LogP contribution in [0.4, 0.5) is 0 Å². The van der Waals surface area contributed by atoms with Crippen LogP contribution in [-0.4, -0.2) is 14.5 Å². The van der Waals surface area contributed by atoms with Crippen LogP contribution in [0.5, 0.6) is 0 Å². The van der Waals surface area contributed by atoms with Crippen molar-refractivity contribution in [2.45, 2.75) is 0 Å². The normalized spacial score (nSPS) is 11.3. The standard InChI is InChI=1S/C64H43N3/c1-4-17-44(18-5-1)46-35-37-47(38-36-46)49-22-13-24-51(40-49)55-28-16-30-57(43-55)64-65-61(63-62(66-64)59-33-10-11-34-60(59)67(63)58-31-8-3-9-32-58)56-29-15-27-54(42-56)53-26-14-25-52(41-53)50-23-12-21-48(39-50)45-19-6-2-7-20-45/h1-43H. The third-order valence-corrected chi connectivity index (χ3v) is 12.8. The van der Waals surface area contributed by atoms with E-state index in [1.807, 2.05) is 0 Å². The molecule has 3 heteroatoms. The van der Waals surface area contributed by atoms with Gasteiger partial charge in [-0.1, -0.05) is 212 Å². The van der Waals surface area contributed by atoms with Crippen molar-refractivity contribution in [1.29, 1.82) is 0 Å². The lowest BCUT2D eigenvalue weighted by molar-refractivity contribution is 1.15. The molecule has 12 rings (SSSR count). The summed E-state index contributed by atoms with van der Waals surface area (Å²) in [6.07, 6.45) is 0. The summed E-state index contributed by atoms with van der Waals surface area (Å²) < 4.78 is 2.32. The van der Waals surface area contributed by atoms with Crippen LogP contribution in [0.2, 0.25) is 0 Å². The first kappa shape index (κ1) is 39.7. The number of fused-ring (bicyclic) bond motifs is 3. The predicted octanol–water partition coefficient (Wildman–Crippen LogP) is 16.9. The van der Waals surface area contributed by atoms with E-state index in [1.165, 1.54) is 44.5 Å². The molecule has 67 heavy (non-hydrogen) atoms. The van der Waals surface area contributed by atoms with E-state index in [9.17, 15) is 0 Å². The van der Waals surface area contributed by atoms with Crippen molar-refractivity contribution in [2.24, 2.45) is 0 Å². The van der Waals surface area contributed by atoms with Crippen molar-refractivity contribution < 1.29 is 0 Å². The van der Waals surface area contributed by atoms with Gasteiger partial charge < -0.3 is 4.57 Å². The van der Waals surface area contributed by atoms with Crippen molar-refractivity contribution >= 4 is 21.9 Å². The van der Waals surface area contributed by atoms with Gasteiger partial charge in [0.05, 0.1) is 16.7 Å². The Bertz CT molecular complexity index is 3720. The number of benzene rings is 10. The predicted molar refractivity (Wildman–Crippen MR) is 280 cm³/mol. The van der Waals surface area contributed by atoms with E-state index in [2.05, 4.69) is 265 Å². The summed E-state index contributed by atoms with van der Waals surface area (Å²) in [6, 6.07) is 93.0. The highest BCUT2D eigenvalue weighted by molar-refractivity contribution is 6.11. The Kier molecular flexibility index (Phi) is 10.2. The highest BCUT2D eigenvalue weighted by Gasteiger charge is 2.22. The van der Waals surface area contributed by atoms with Gasteiger partial charge >= 0.3 is 0 Å². The average Bonchev–Trinajstić information content (AvgIpc) is 3.76. The molecule has 0 spiro atoms. The zero-order valence-corrected chi connectivity index (χ0v) is 36.7. The molecule has 3 nitrogen and oxygen atoms in total. The molecular formula is C64H43N3. The maximum absolute atomic E-state index is 5.56. The third-order valence-electron chi connectivity index (χ3n) is 12.8. The fraction of sp³-hybridized carbons (Fsp3) is 0. The minimum atomic E-state index is 0.679. The van der Waals surface area contributed by atoms with Crippen LogP contribution < -0.4 is 0 Å². The van der Waals surface area contributed by atoms with Crippen molar-refractivity contribution in [3.63, 3.8) is 0 Å². The summed E-state index contributed by atoms with van der Waals surface area (Å²) in [5.41, 5.74) is 20.9. The number of rotatable bonds is 9. The number of para-hydroxylation sites is 2. The van der Waals surface area contributed by atoms with Crippen LogP contribution >= 0.6 is 0 Å². The smallest absolute Gasteiger partial charge is 0.160 e. The lowest BCUT2D eigenvalue weighted by Crippen LogP contribution is -2.00. The van der Waals surface area contributed by atoms with Crippen LogP contribution in [-0.2, 0) is 0 Å². The van der Waals surface area contributed by atoms with E-state index < -0.39 is 0 Å². The highest BCUT2D eigenvalue weighted by atomic mass is 15.0. The average molecular weight is 854 g/mol. The molecule has 0 fully saturated rings. The number of nitrogens with zero attached hydrogens (tertiary/aromatic N) is 3. The van der Waals surface area contributed by atoms with E-state index in [0.717, 1.165) is 66.7 Å². The van der Waals surface area contributed by atoms with E-state index in [0.29, 0.717) is 5.82 Å². The number of aromatic nitrogens is 3. The van der Waals surface area contributed by atoms with Crippen molar-refractivity contribution in [3.05, 3.63) is 261 Å². The maximum Gasteiger partial charge on any atom is 0.160 e. The molecular weight excluding hydrogens is 811 g/mol. The Balaban J connectivity index is 0.972. The number of hydrogen-bond acceptors (Lipinski definition) is 2. The van der Waals surface area contributed by atoms with E-state index in [1.54, 1.807) is 0 Å². The van der Waals surface area contributed by atoms with Gasteiger partial charge in [0.2, 0.25) is 0 Å². The summed E-state index contributed by atoms with van der Waals surface area (Å²) in [5.74, 6) is 0.679. The molecule has 314 valence electrons. The van der Waals surface area contributed by atoms with Gasteiger partial charge in [-0.05, 0) is 115 Å². The lowest BCUT2D eigenvalue weighted by Gasteiger charge is -2.14. The third kappa shape index (κ3) is 7.69. The molecule has 0 radical (unpaired) electrons. The largest absolute Gasteiger partial charge is 0.306 e. The minimum absolute atomic E-state index is 0.679. The second-order valence-corrected chi connectivity index (χ2v) is 17.0. The van der Waals surface area contributed by atoms with Crippen LogP contribution in [0.1, 0.15) is 0 Å². The monoisotopic (exact) mass is 853 g/mol. The first-order chi connectivity index (χ1) is 33.2. The van der Waals surface area contributed by atoms with Gasteiger partial charge in [0.15, 0.2) is 5.82 Å².